The molecule has 0 aliphatic carbocycles. The quantitative estimate of drug-likeness (QED) is 0.196. The highest BCUT2D eigenvalue weighted by Crippen LogP contribution is 2.43. The van der Waals surface area contributed by atoms with Crippen molar-refractivity contribution in [3.05, 3.63) is 126 Å². The summed E-state index contributed by atoms with van der Waals surface area (Å²) in [7, 11) is 4.26. The number of aryl methyl sites for hydroxylation is 1. The van der Waals surface area contributed by atoms with Crippen LogP contribution in [0.5, 0.6) is 0 Å². The van der Waals surface area contributed by atoms with Gasteiger partial charge in [0.25, 0.3) is 0 Å². The van der Waals surface area contributed by atoms with Crippen molar-refractivity contribution in [1.29, 1.82) is 0 Å². The number of benzene rings is 5. The fraction of sp³-hybridized carbons (Fsp3) is 0.0811. The normalized spacial score (nSPS) is 11.2. The van der Waals surface area contributed by atoms with E-state index < -0.39 is 0 Å². The van der Waals surface area contributed by atoms with Gasteiger partial charge in [0.2, 0.25) is 0 Å². The maximum Gasteiger partial charge on any atom is 0.0797 e. The number of hydrogen-bond donors (Lipinski definition) is 0. The zero-order chi connectivity index (χ0) is 28.6. The number of anilines is 1. The van der Waals surface area contributed by atoms with E-state index in [0.717, 1.165) is 0 Å². The fourth-order valence-corrected chi connectivity index (χ4v) is 7.02. The second-order valence-electron chi connectivity index (χ2n) is 10.7. The van der Waals surface area contributed by atoms with E-state index in [-0.39, 0.29) is 0 Å². The van der Waals surface area contributed by atoms with Gasteiger partial charge < -0.3 is 4.90 Å². The zero-order valence-corrected chi connectivity index (χ0v) is 25.3. The summed E-state index contributed by atoms with van der Waals surface area (Å²) in [4.78, 5) is 13.1. The van der Waals surface area contributed by atoms with E-state index in [4.69, 9.17) is 0 Å². The van der Waals surface area contributed by atoms with Gasteiger partial charge in [-0.1, -0.05) is 91.0 Å². The van der Waals surface area contributed by atoms with Crippen LogP contribution in [0.2, 0.25) is 0 Å². The Labute approximate surface area is 254 Å². The van der Waals surface area contributed by atoms with Gasteiger partial charge >= 0.3 is 0 Å². The average molecular weight is 580 g/mol. The average Bonchev–Trinajstić information content (AvgIpc) is 3.77. The Bertz CT molecular complexity index is 1990. The molecule has 0 saturated carbocycles. The molecule has 5 heteroatoms. The number of hydrogen-bond acceptors (Lipinski definition) is 5. The number of aromatic nitrogens is 2. The van der Waals surface area contributed by atoms with E-state index in [9.17, 15) is 0 Å². The highest BCUT2D eigenvalue weighted by molar-refractivity contribution is 7.13. The SMILES string of the molecule is Cc1cc(-c2ccc(-c3cncs3)cc2)c2ccccc2c1-c1ccc(-c2ccc(-c3cncs3)cc2)cc1N(C)C. The summed E-state index contributed by atoms with van der Waals surface area (Å²) in [6, 6.07) is 35.7. The predicted molar refractivity (Wildman–Crippen MR) is 182 cm³/mol. The molecule has 0 aliphatic rings. The second-order valence-corrected chi connectivity index (χ2v) is 12.4. The van der Waals surface area contributed by atoms with Crippen LogP contribution >= 0.6 is 22.7 Å². The fourth-order valence-electron chi connectivity index (χ4n) is 5.76. The Morgan fingerprint density at radius 2 is 1.10 bits per heavy atom. The summed E-state index contributed by atoms with van der Waals surface area (Å²) < 4.78 is 0. The Hall–Kier alpha value is -4.58. The maximum absolute atomic E-state index is 4.24. The third-order valence-corrected chi connectivity index (χ3v) is 9.48. The zero-order valence-electron chi connectivity index (χ0n) is 23.7. The largest absolute Gasteiger partial charge is 0.377 e. The Morgan fingerprint density at radius 1 is 0.548 bits per heavy atom. The lowest BCUT2D eigenvalue weighted by Crippen LogP contribution is -2.10. The minimum Gasteiger partial charge on any atom is -0.377 e. The molecule has 204 valence electrons. The molecule has 0 radical (unpaired) electrons. The van der Waals surface area contributed by atoms with Crippen LogP contribution in [0.15, 0.2) is 120 Å². The van der Waals surface area contributed by atoms with Crippen LogP contribution in [-0.2, 0) is 0 Å². The molecule has 3 nitrogen and oxygen atoms in total. The molecule has 0 unspecified atom stereocenters. The van der Waals surface area contributed by atoms with E-state index in [1.54, 1.807) is 22.7 Å². The smallest absolute Gasteiger partial charge is 0.0797 e. The number of nitrogens with zero attached hydrogens (tertiary/aromatic N) is 3. The molecule has 0 spiro atoms. The number of rotatable bonds is 6. The van der Waals surface area contributed by atoms with Crippen molar-refractivity contribution < 1.29 is 0 Å². The molecule has 0 amide bonds. The van der Waals surface area contributed by atoms with Crippen LogP contribution in [-0.4, -0.2) is 24.1 Å². The topological polar surface area (TPSA) is 29.0 Å². The van der Waals surface area contributed by atoms with Gasteiger partial charge in [0.1, 0.15) is 0 Å². The molecular weight excluding hydrogens is 551 g/mol. The third kappa shape index (κ3) is 4.81. The first-order valence-electron chi connectivity index (χ1n) is 13.9. The first-order valence-corrected chi connectivity index (χ1v) is 15.7. The number of fused-ring (bicyclic) bond motifs is 1. The van der Waals surface area contributed by atoms with Gasteiger partial charge in [0, 0.05) is 37.7 Å². The summed E-state index contributed by atoms with van der Waals surface area (Å²) in [6.45, 7) is 2.24. The maximum atomic E-state index is 4.24. The summed E-state index contributed by atoms with van der Waals surface area (Å²) >= 11 is 3.33. The molecule has 2 heterocycles. The molecule has 7 aromatic rings. The lowest BCUT2D eigenvalue weighted by Gasteiger charge is -2.22. The van der Waals surface area contributed by atoms with Crippen LogP contribution < -0.4 is 4.90 Å². The van der Waals surface area contributed by atoms with Gasteiger partial charge in [0.15, 0.2) is 0 Å². The molecule has 0 fully saturated rings. The van der Waals surface area contributed by atoms with Crippen molar-refractivity contribution in [3.63, 3.8) is 0 Å². The lowest BCUT2D eigenvalue weighted by atomic mass is 9.87. The predicted octanol–water partition coefficient (Wildman–Crippen LogP) is 10.5. The third-order valence-electron chi connectivity index (χ3n) is 7.84. The van der Waals surface area contributed by atoms with Crippen molar-refractivity contribution >= 4 is 39.1 Å². The molecular formula is C37H29N3S2. The summed E-state index contributed by atoms with van der Waals surface area (Å²) in [5, 5.41) is 2.53. The van der Waals surface area contributed by atoms with Crippen molar-refractivity contribution in [2.75, 3.05) is 19.0 Å². The highest BCUT2D eigenvalue weighted by Gasteiger charge is 2.17. The Kier molecular flexibility index (Phi) is 6.90. The number of thiazole rings is 2. The standard InChI is InChI=1S/C37H29N3S2/c1-24-18-33(26-10-14-28(15-11-26)36-21-39-23-42-36)30-6-4-5-7-31(30)37(24)32-17-16-29(19-34(32)40(2)3)25-8-12-27(13-9-25)35-20-38-22-41-35/h4-23H,1-3H3. The van der Waals surface area contributed by atoms with Crippen LogP contribution in [0.1, 0.15) is 5.56 Å². The van der Waals surface area contributed by atoms with Crippen LogP contribution in [0, 0.1) is 6.92 Å². The van der Waals surface area contributed by atoms with E-state index in [0.29, 0.717) is 0 Å². The Balaban J connectivity index is 1.31. The van der Waals surface area contributed by atoms with Crippen LogP contribution in [0.25, 0.3) is 65.0 Å². The van der Waals surface area contributed by atoms with Gasteiger partial charge in [-0.15, -0.1) is 22.7 Å². The molecule has 0 bridgehead atoms. The first-order chi connectivity index (χ1) is 20.6. The van der Waals surface area contributed by atoms with Crippen molar-refractivity contribution in [1.82, 2.24) is 9.97 Å². The molecule has 0 aliphatic heterocycles. The van der Waals surface area contributed by atoms with E-state index in [2.05, 4.69) is 133 Å². The molecule has 0 N–H and O–H groups in total. The van der Waals surface area contributed by atoms with E-state index in [1.165, 1.54) is 76.3 Å². The molecule has 0 saturated heterocycles. The van der Waals surface area contributed by atoms with Gasteiger partial charge in [-0.2, -0.15) is 0 Å². The molecule has 0 atom stereocenters. The van der Waals surface area contributed by atoms with Crippen molar-refractivity contribution in [3.8, 4) is 54.3 Å². The van der Waals surface area contributed by atoms with Crippen molar-refractivity contribution in [2.24, 2.45) is 0 Å². The van der Waals surface area contributed by atoms with Gasteiger partial charge in [-0.25, -0.2) is 0 Å². The van der Waals surface area contributed by atoms with E-state index in [1.807, 2.05) is 23.4 Å². The molecule has 5 aromatic carbocycles. The van der Waals surface area contributed by atoms with Crippen LogP contribution in [0.3, 0.4) is 0 Å². The molecule has 42 heavy (non-hydrogen) atoms. The lowest BCUT2D eigenvalue weighted by molar-refractivity contribution is 1.13. The minimum atomic E-state index is 1.19. The molecule has 7 rings (SSSR count). The second kappa shape index (κ2) is 11.0. The highest BCUT2D eigenvalue weighted by atomic mass is 32.1. The van der Waals surface area contributed by atoms with Gasteiger partial charge in [-0.05, 0) is 68.3 Å². The van der Waals surface area contributed by atoms with E-state index >= 15 is 0 Å². The van der Waals surface area contributed by atoms with Gasteiger partial charge in [-0.3, -0.25) is 9.97 Å². The minimum absolute atomic E-state index is 1.19. The van der Waals surface area contributed by atoms with Crippen LogP contribution in [0.4, 0.5) is 5.69 Å². The monoisotopic (exact) mass is 579 g/mol. The summed E-state index contributed by atoms with van der Waals surface area (Å²) in [5.41, 5.74) is 16.0. The van der Waals surface area contributed by atoms with Gasteiger partial charge in [0.05, 0.1) is 20.8 Å². The first kappa shape index (κ1) is 26.3. The summed E-state index contributed by atoms with van der Waals surface area (Å²) in [6.07, 6.45) is 3.86. The summed E-state index contributed by atoms with van der Waals surface area (Å²) in [5.74, 6) is 0. The molecule has 2 aromatic heterocycles. The Morgan fingerprint density at radius 3 is 1.67 bits per heavy atom. The van der Waals surface area contributed by atoms with Crippen molar-refractivity contribution in [2.45, 2.75) is 6.92 Å².